The first-order valence-corrected chi connectivity index (χ1v) is 10.2. The number of morpholine rings is 1. The van der Waals surface area contributed by atoms with Crippen molar-refractivity contribution in [2.75, 3.05) is 37.8 Å². The number of rotatable bonds is 4. The second-order valence-corrected chi connectivity index (χ2v) is 7.86. The van der Waals surface area contributed by atoms with Crippen molar-refractivity contribution in [3.05, 3.63) is 30.1 Å². The maximum Gasteiger partial charge on any atom is 0.162 e. The average molecular weight is 396 g/mol. The highest BCUT2D eigenvalue weighted by Crippen LogP contribution is 2.43. The van der Waals surface area contributed by atoms with Gasteiger partial charge < -0.3 is 14.7 Å². The Morgan fingerprint density at radius 2 is 2.21 bits per heavy atom. The largest absolute Gasteiger partial charge is 0.391 e. The second-order valence-electron chi connectivity index (χ2n) is 6.67. The molecular weight excluding hydrogens is 376 g/mol. The zero-order chi connectivity index (χ0) is 18.9. The summed E-state index contributed by atoms with van der Waals surface area (Å²) in [5, 5.41) is 17.3. The number of nitrogens with zero attached hydrogens (tertiary/aromatic N) is 5. The van der Waals surface area contributed by atoms with E-state index in [4.69, 9.17) is 19.8 Å². The molecule has 0 radical (unpaired) electrons. The molecule has 1 aromatic carbocycles. The summed E-state index contributed by atoms with van der Waals surface area (Å²) in [5.41, 5.74) is 2.95. The molecule has 0 bridgehead atoms. The molecule has 144 valence electrons. The van der Waals surface area contributed by atoms with Crippen LogP contribution in [0, 0.1) is 0 Å². The molecule has 4 heterocycles. The first kappa shape index (κ1) is 17.6. The molecule has 2 N–H and O–H groups in total. The number of aliphatic hydroxyl groups excluding tert-OH is 1. The van der Waals surface area contributed by atoms with Crippen molar-refractivity contribution in [3.63, 3.8) is 0 Å². The number of aliphatic hydroxyl groups is 1. The lowest BCUT2D eigenvalue weighted by Gasteiger charge is -2.29. The van der Waals surface area contributed by atoms with Gasteiger partial charge in [0.25, 0.3) is 0 Å². The Hall–Kier alpha value is -2.49. The Balaban J connectivity index is 1.62. The van der Waals surface area contributed by atoms with Crippen LogP contribution in [-0.4, -0.2) is 69.8 Å². The maximum atomic E-state index is 9.06. The summed E-state index contributed by atoms with van der Waals surface area (Å²) in [6.07, 6.45) is 4.10. The Labute approximate surface area is 166 Å². The molecular formula is C19H20N6O2S. The minimum Gasteiger partial charge on any atom is -0.391 e. The third-order valence-electron chi connectivity index (χ3n) is 4.93. The van der Waals surface area contributed by atoms with E-state index in [2.05, 4.69) is 20.1 Å². The van der Waals surface area contributed by atoms with E-state index in [1.807, 2.05) is 24.4 Å². The molecule has 0 spiro atoms. The van der Waals surface area contributed by atoms with E-state index in [1.54, 1.807) is 18.0 Å². The van der Waals surface area contributed by atoms with Gasteiger partial charge in [0.2, 0.25) is 0 Å². The Bertz CT molecular complexity index is 1030. The lowest BCUT2D eigenvalue weighted by molar-refractivity contribution is 0.122. The quantitative estimate of drug-likeness (QED) is 0.650. The minimum absolute atomic E-state index is 0.0243. The lowest BCUT2D eigenvalue weighted by atomic mass is 10.1. The molecule has 1 saturated heterocycles. The highest BCUT2D eigenvalue weighted by molar-refractivity contribution is 8.00. The van der Waals surface area contributed by atoms with Gasteiger partial charge in [0, 0.05) is 36.7 Å². The molecule has 8 nitrogen and oxygen atoms in total. The summed E-state index contributed by atoms with van der Waals surface area (Å²) < 4.78 is 5.52. The van der Waals surface area contributed by atoms with Crippen molar-refractivity contribution >= 4 is 34.7 Å². The van der Waals surface area contributed by atoms with Gasteiger partial charge in [0.1, 0.15) is 11.2 Å². The van der Waals surface area contributed by atoms with Crippen molar-refractivity contribution in [1.29, 1.82) is 0 Å². The molecule has 2 aromatic heterocycles. The van der Waals surface area contributed by atoms with Crippen LogP contribution in [0.4, 0.5) is 5.82 Å². The monoisotopic (exact) mass is 396 g/mol. The highest BCUT2D eigenvalue weighted by atomic mass is 32.2. The van der Waals surface area contributed by atoms with Crippen LogP contribution in [0.25, 0.3) is 22.3 Å². The minimum atomic E-state index is -0.0524. The Morgan fingerprint density at radius 1 is 1.32 bits per heavy atom. The van der Waals surface area contributed by atoms with Crippen molar-refractivity contribution < 1.29 is 9.84 Å². The smallest absolute Gasteiger partial charge is 0.162 e. The van der Waals surface area contributed by atoms with Gasteiger partial charge in [-0.25, -0.2) is 9.97 Å². The number of anilines is 1. The molecule has 2 aliphatic rings. The molecule has 0 amide bonds. The maximum absolute atomic E-state index is 9.06. The molecule has 2 aliphatic heterocycles. The average Bonchev–Trinajstić information content (AvgIpc) is 3.38. The summed E-state index contributed by atoms with van der Waals surface area (Å²) >= 11 is 1.67. The number of thioether (sulfide) groups is 1. The number of H-pyrrole nitrogens is 1. The molecule has 28 heavy (non-hydrogen) atoms. The van der Waals surface area contributed by atoms with E-state index in [0.29, 0.717) is 19.0 Å². The van der Waals surface area contributed by atoms with Crippen molar-refractivity contribution in [2.45, 2.75) is 16.7 Å². The van der Waals surface area contributed by atoms with Crippen LogP contribution in [-0.2, 0) is 11.2 Å². The molecule has 1 fully saturated rings. The zero-order valence-corrected chi connectivity index (χ0v) is 16.0. The summed E-state index contributed by atoms with van der Waals surface area (Å²) in [5.74, 6) is 1.66. The predicted octanol–water partition coefficient (Wildman–Crippen LogP) is 1.89. The van der Waals surface area contributed by atoms with Crippen LogP contribution in [0.5, 0.6) is 0 Å². The number of hydrogen-bond donors (Lipinski definition) is 2. The fraction of sp³-hybridized carbons (Fsp3) is 0.368. The van der Waals surface area contributed by atoms with E-state index >= 15 is 0 Å². The Morgan fingerprint density at radius 3 is 3.07 bits per heavy atom. The molecule has 0 aliphatic carbocycles. The first-order chi connectivity index (χ1) is 13.8. The van der Waals surface area contributed by atoms with Crippen LogP contribution in [0.2, 0.25) is 0 Å². The van der Waals surface area contributed by atoms with Crippen LogP contribution < -0.4 is 4.90 Å². The first-order valence-electron chi connectivity index (χ1n) is 9.28. The number of aromatic nitrogens is 4. The van der Waals surface area contributed by atoms with Crippen molar-refractivity contribution in [3.8, 4) is 11.4 Å². The summed E-state index contributed by atoms with van der Waals surface area (Å²) in [6.45, 7) is 2.96. The third kappa shape index (κ3) is 3.15. The second kappa shape index (κ2) is 7.50. The predicted molar refractivity (Wildman–Crippen MR) is 109 cm³/mol. The van der Waals surface area contributed by atoms with Crippen LogP contribution in [0.1, 0.15) is 5.69 Å². The highest BCUT2D eigenvalue weighted by Gasteiger charge is 2.30. The fourth-order valence-electron chi connectivity index (χ4n) is 3.61. The number of benzene rings is 1. The third-order valence-corrected chi connectivity index (χ3v) is 6.14. The SMILES string of the molecule is OC/C=N/C1Cc2nc(-c3cccc4[nH]ncc34)nc(N3CCOCC3)c2S1. The van der Waals surface area contributed by atoms with Gasteiger partial charge in [-0.3, -0.25) is 10.1 Å². The van der Waals surface area contributed by atoms with Gasteiger partial charge in [-0.2, -0.15) is 5.10 Å². The van der Waals surface area contributed by atoms with Crippen LogP contribution >= 0.6 is 11.8 Å². The molecule has 9 heteroatoms. The molecule has 1 atom stereocenters. The van der Waals surface area contributed by atoms with E-state index in [-0.39, 0.29) is 12.0 Å². The molecule has 1 unspecified atom stereocenters. The topological polar surface area (TPSA) is 99.5 Å². The standard InChI is InChI=1S/C19H20N6O2S/c26-7-4-20-16-10-15-17(28-16)19(25-5-8-27-9-6-25)23-18(22-15)12-2-1-3-14-13(12)11-21-24-14/h1-4,11,16,26H,5-10H2,(H,21,24)/b20-4+. The summed E-state index contributed by atoms with van der Waals surface area (Å²) in [4.78, 5) is 17.7. The number of aliphatic imine (C=N–C) groups is 1. The fourth-order valence-corrected chi connectivity index (χ4v) is 4.81. The number of hydrogen-bond acceptors (Lipinski definition) is 8. The molecule has 0 saturated carbocycles. The normalized spacial score (nSPS) is 19.6. The van der Waals surface area contributed by atoms with Crippen LogP contribution in [0.15, 0.2) is 34.3 Å². The van der Waals surface area contributed by atoms with Gasteiger partial charge in [-0.15, -0.1) is 0 Å². The van der Waals surface area contributed by atoms with Gasteiger partial charge in [0.05, 0.1) is 42.1 Å². The summed E-state index contributed by atoms with van der Waals surface area (Å²) in [7, 11) is 0. The van der Waals surface area contributed by atoms with E-state index in [9.17, 15) is 0 Å². The summed E-state index contributed by atoms with van der Waals surface area (Å²) in [6, 6.07) is 6.02. The number of ether oxygens (including phenoxy) is 1. The van der Waals surface area contributed by atoms with Gasteiger partial charge in [-0.1, -0.05) is 23.9 Å². The van der Waals surface area contributed by atoms with Crippen molar-refractivity contribution in [1.82, 2.24) is 20.2 Å². The zero-order valence-electron chi connectivity index (χ0n) is 15.2. The number of nitrogens with one attached hydrogen (secondary N) is 1. The number of fused-ring (bicyclic) bond motifs is 2. The molecule has 5 rings (SSSR count). The lowest BCUT2D eigenvalue weighted by Crippen LogP contribution is -2.37. The van der Waals surface area contributed by atoms with Gasteiger partial charge >= 0.3 is 0 Å². The van der Waals surface area contributed by atoms with Crippen molar-refractivity contribution in [2.24, 2.45) is 4.99 Å². The van der Waals surface area contributed by atoms with E-state index in [1.165, 1.54) is 0 Å². The Kier molecular flexibility index (Phi) is 4.71. The van der Waals surface area contributed by atoms with E-state index < -0.39 is 0 Å². The van der Waals surface area contributed by atoms with Gasteiger partial charge in [0.15, 0.2) is 5.82 Å². The van der Waals surface area contributed by atoms with Gasteiger partial charge in [-0.05, 0) is 6.07 Å². The van der Waals surface area contributed by atoms with E-state index in [0.717, 1.165) is 52.4 Å². The van der Waals surface area contributed by atoms with Crippen LogP contribution in [0.3, 0.4) is 0 Å². The number of aromatic amines is 1. The molecule has 3 aromatic rings.